The van der Waals surface area contributed by atoms with Crippen LogP contribution in [-0.2, 0) is 4.79 Å². The molecule has 0 aliphatic carbocycles. The molecule has 1 saturated heterocycles. The van der Waals surface area contributed by atoms with Crippen molar-refractivity contribution < 1.29 is 4.79 Å². The highest BCUT2D eigenvalue weighted by Gasteiger charge is 2.18. The van der Waals surface area contributed by atoms with Crippen molar-refractivity contribution in [1.29, 1.82) is 0 Å². The molecule has 1 fully saturated rings. The molecule has 22 heavy (non-hydrogen) atoms. The van der Waals surface area contributed by atoms with Gasteiger partial charge in [0.05, 0.1) is 5.69 Å². The van der Waals surface area contributed by atoms with E-state index in [9.17, 15) is 4.79 Å². The zero-order valence-corrected chi connectivity index (χ0v) is 13.4. The van der Waals surface area contributed by atoms with Crippen molar-refractivity contribution >= 4 is 17.7 Å². The van der Waals surface area contributed by atoms with Gasteiger partial charge < -0.3 is 4.90 Å². The van der Waals surface area contributed by atoms with Crippen LogP contribution in [0, 0.1) is 6.92 Å². The monoisotopic (exact) mass is 317 g/mol. The van der Waals surface area contributed by atoms with E-state index in [0.29, 0.717) is 12.2 Å². The molecular formula is C15H19N5OS. The summed E-state index contributed by atoms with van der Waals surface area (Å²) < 4.78 is 1.74. The van der Waals surface area contributed by atoms with Gasteiger partial charge in [-0.1, -0.05) is 30.0 Å². The van der Waals surface area contributed by atoms with Gasteiger partial charge in [-0.25, -0.2) is 0 Å². The predicted molar refractivity (Wildman–Crippen MR) is 85.0 cm³/mol. The molecule has 2 heterocycles. The van der Waals surface area contributed by atoms with Crippen molar-refractivity contribution in [2.75, 3.05) is 18.8 Å². The van der Waals surface area contributed by atoms with E-state index < -0.39 is 0 Å². The van der Waals surface area contributed by atoms with Gasteiger partial charge in [0.2, 0.25) is 11.1 Å². The Labute approximate surface area is 133 Å². The van der Waals surface area contributed by atoms with E-state index in [2.05, 4.69) is 15.5 Å². The molecule has 1 aromatic carbocycles. The summed E-state index contributed by atoms with van der Waals surface area (Å²) in [5.41, 5.74) is 2.09. The fraction of sp³-hybridized carbons (Fsp3) is 0.467. The quantitative estimate of drug-likeness (QED) is 0.790. The smallest absolute Gasteiger partial charge is 0.223 e. The first kappa shape index (κ1) is 15.0. The molecule has 0 atom stereocenters. The number of rotatable bonds is 5. The first-order valence-corrected chi connectivity index (χ1v) is 8.49. The molecule has 6 nitrogen and oxygen atoms in total. The van der Waals surface area contributed by atoms with Gasteiger partial charge >= 0.3 is 0 Å². The van der Waals surface area contributed by atoms with Gasteiger partial charge in [-0.05, 0) is 41.8 Å². The number of carbonyl (C=O) groups excluding carboxylic acids is 1. The number of tetrazole rings is 1. The minimum atomic E-state index is 0.236. The highest BCUT2D eigenvalue weighted by molar-refractivity contribution is 7.99. The van der Waals surface area contributed by atoms with E-state index in [1.165, 1.54) is 11.8 Å². The standard InChI is InChI=1S/C15H19N5OS/c1-12-6-2-3-7-13(12)20-15(16-17-18-20)22-11-8-14(21)19-9-4-5-10-19/h2-3,6-7H,4-5,8-11H2,1H3. The van der Waals surface area contributed by atoms with Crippen LogP contribution >= 0.6 is 11.8 Å². The number of hydrogen-bond donors (Lipinski definition) is 0. The van der Waals surface area contributed by atoms with Crippen LogP contribution in [0.3, 0.4) is 0 Å². The summed E-state index contributed by atoms with van der Waals surface area (Å²) in [6.07, 6.45) is 2.79. The van der Waals surface area contributed by atoms with Crippen LogP contribution in [0.4, 0.5) is 0 Å². The van der Waals surface area contributed by atoms with Gasteiger partial charge in [0.25, 0.3) is 0 Å². The number of aromatic nitrogens is 4. The molecule has 0 unspecified atom stereocenters. The van der Waals surface area contributed by atoms with Gasteiger partial charge in [0, 0.05) is 25.3 Å². The zero-order valence-electron chi connectivity index (χ0n) is 12.6. The molecule has 0 N–H and O–H groups in total. The van der Waals surface area contributed by atoms with Crippen molar-refractivity contribution in [3.8, 4) is 5.69 Å². The SMILES string of the molecule is Cc1ccccc1-n1nnnc1SCCC(=O)N1CCCC1. The van der Waals surface area contributed by atoms with Gasteiger partial charge in [-0.3, -0.25) is 4.79 Å². The third-order valence-electron chi connectivity index (χ3n) is 3.79. The number of benzene rings is 1. The molecule has 1 amide bonds. The summed E-state index contributed by atoms with van der Waals surface area (Å²) in [4.78, 5) is 14.0. The Bertz CT molecular complexity index is 651. The Morgan fingerprint density at radius 2 is 2.05 bits per heavy atom. The van der Waals surface area contributed by atoms with Gasteiger partial charge in [0.15, 0.2) is 0 Å². The number of carbonyl (C=O) groups is 1. The molecule has 1 aromatic heterocycles. The fourth-order valence-corrected chi connectivity index (χ4v) is 3.39. The molecule has 0 spiro atoms. The van der Waals surface area contributed by atoms with E-state index in [1.807, 2.05) is 36.1 Å². The summed E-state index contributed by atoms with van der Waals surface area (Å²) in [6, 6.07) is 7.98. The summed E-state index contributed by atoms with van der Waals surface area (Å²) in [6.45, 7) is 3.84. The first-order valence-electron chi connectivity index (χ1n) is 7.50. The number of nitrogens with zero attached hydrogens (tertiary/aromatic N) is 5. The molecule has 3 rings (SSSR count). The lowest BCUT2D eigenvalue weighted by Crippen LogP contribution is -2.27. The Morgan fingerprint density at radius 3 is 2.82 bits per heavy atom. The van der Waals surface area contributed by atoms with E-state index >= 15 is 0 Å². The summed E-state index contributed by atoms with van der Waals surface area (Å²) in [5.74, 6) is 0.932. The highest BCUT2D eigenvalue weighted by Crippen LogP contribution is 2.21. The maximum absolute atomic E-state index is 12.0. The van der Waals surface area contributed by atoms with Crippen LogP contribution in [-0.4, -0.2) is 49.9 Å². The number of likely N-dealkylation sites (tertiary alicyclic amines) is 1. The fourth-order valence-electron chi connectivity index (χ4n) is 2.58. The van der Waals surface area contributed by atoms with E-state index in [-0.39, 0.29) is 5.91 Å². The number of amides is 1. The molecule has 2 aromatic rings. The molecule has 0 bridgehead atoms. The Hall–Kier alpha value is -1.89. The topological polar surface area (TPSA) is 63.9 Å². The Kier molecular flexibility index (Phi) is 4.72. The normalized spacial score (nSPS) is 14.5. The third kappa shape index (κ3) is 3.30. The van der Waals surface area contributed by atoms with Crippen LogP contribution in [0.2, 0.25) is 0 Å². The van der Waals surface area contributed by atoms with Crippen molar-refractivity contribution in [3.05, 3.63) is 29.8 Å². The zero-order chi connectivity index (χ0) is 15.4. The second-order valence-electron chi connectivity index (χ2n) is 5.35. The molecule has 1 aliphatic heterocycles. The van der Waals surface area contributed by atoms with Crippen LogP contribution in [0.15, 0.2) is 29.4 Å². The Morgan fingerprint density at radius 1 is 1.27 bits per heavy atom. The Balaban J connectivity index is 1.61. The van der Waals surface area contributed by atoms with Crippen molar-refractivity contribution in [3.63, 3.8) is 0 Å². The second kappa shape index (κ2) is 6.91. The molecule has 7 heteroatoms. The minimum Gasteiger partial charge on any atom is -0.343 e. The second-order valence-corrected chi connectivity index (χ2v) is 6.41. The van der Waals surface area contributed by atoms with Crippen molar-refractivity contribution in [1.82, 2.24) is 25.1 Å². The first-order chi connectivity index (χ1) is 10.8. The van der Waals surface area contributed by atoms with Crippen LogP contribution in [0.25, 0.3) is 5.69 Å². The number of hydrogen-bond acceptors (Lipinski definition) is 5. The lowest BCUT2D eigenvalue weighted by atomic mass is 10.2. The molecule has 116 valence electrons. The lowest BCUT2D eigenvalue weighted by molar-refractivity contribution is -0.129. The summed E-state index contributed by atoms with van der Waals surface area (Å²) in [7, 11) is 0. The van der Waals surface area contributed by atoms with Gasteiger partial charge in [0.1, 0.15) is 0 Å². The summed E-state index contributed by atoms with van der Waals surface area (Å²) in [5, 5.41) is 12.6. The average Bonchev–Trinajstić information content (AvgIpc) is 3.19. The van der Waals surface area contributed by atoms with Gasteiger partial charge in [-0.2, -0.15) is 4.68 Å². The molecule has 0 radical (unpaired) electrons. The summed E-state index contributed by atoms with van der Waals surface area (Å²) >= 11 is 1.52. The van der Waals surface area contributed by atoms with Crippen LogP contribution < -0.4 is 0 Å². The lowest BCUT2D eigenvalue weighted by Gasteiger charge is -2.14. The van der Waals surface area contributed by atoms with E-state index in [4.69, 9.17) is 0 Å². The van der Waals surface area contributed by atoms with Gasteiger partial charge in [-0.15, -0.1) is 5.10 Å². The van der Waals surface area contributed by atoms with Crippen LogP contribution in [0.1, 0.15) is 24.8 Å². The van der Waals surface area contributed by atoms with Crippen LogP contribution in [0.5, 0.6) is 0 Å². The van der Waals surface area contributed by atoms with E-state index in [0.717, 1.165) is 42.3 Å². The minimum absolute atomic E-state index is 0.236. The highest BCUT2D eigenvalue weighted by atomic mass is 32.2. The maximum Gasteiger partial charge on any atom is 0.223 e. The van der Waals surface area contributed by atoms with Crippen molar-refractivity contribution in [2.45, 2.75) is 31.3 Å². The molecular weight excluding hydrogens is 298 g/mol. The number of thioether (sulfide) groups is 1. The maximum atomic E-state index is 12.0. The number of aryl methyl sites for hydroxylation is 1. The number of para-hydroxylation sites is 1. The van der Waals surface area contributed by atoms with Crippen molar-refractivity contribution in [2.24, 2.45) is 0 Å². The average molecular weight is 317 g/mol. The predicted octanol–water partition coefficient (Wildman–Crippen LogP) is 2.08. The third-order valence-corrected chi connectivity index (χ3v) is 4.71. The largest absolute Gasteiger partial charge is 0.343 e. The molecule has 1 aliphatic rings. The van der Waals surface area contributed by atoms with E-state index in [1.54, 1.807) is 4.68 Å². The molecule has 0 saturated carbocycles.